The first kappa shape index (κ1) is 19.0. The van der Waals surface area contributed by atoms with E-state index in [0.29, 0.717) is 21.2 Å². The van der Waals surface area contributed by atoms with Crippen LogP contribution >= 0.6 is 35.2 Å². The van der Waals surface area contributed by atoms with E-state index >= 15 is 0 Å². The Morgan fingerprint density at radius 3 is 2.67 bits per heavy atom. The highest BCUT2D eigenvalue weighted by Gasteiger charge is 2.17. The lowest BCUT2D eigenvalue weighted by Crippen LogP contribution is -2.33. The maximum absolute atomic E-state index is 12.5. The summed E-state index contributed by atoms with van der Waals surface area (Å²) in [5, 5.41) is 15.5. The van der Waals surface area contributed by atoms with E-state index in [2.05, 4.69) is 10.6 Å². The molecule has 0 saturated heterocycles. The van der Waals surface area contributed by atoms with Crippen LogP contribution in [0.3, 0.4) is 0 Å². The molecule has 0 atom stereocenters. The summed E-state index contributed by atoms with van der Waals surface area (Å²) in [5.41, 5.74) is 1.30. The van der Waals surface area contributed by atoms with Gasteiger partial charge in [0.1, 0.15) is 4.88 Å². The van der Waals surface area contributed by atoms with E-state index in [-0.39, 0.29) is 11.0 Å². The van der Waals surface area contributed by atoms with Gasteiger partial charge in [-0.3, -0.25) is 10.1 Å². The van der Waals surface area contributed by atoms with Crippen LogP contribution in [0.25, 0.3) is 16.2 Å². The average molecular weight is 417 g/mol. The summed E-state index contributed by atoms with van der Waals surface area (Å²) in [6.45, 7) is 0. The maximum atomic E-state index is 12.5. The summed E-state index contributed by atoms with van der Waals surface area (Å²) >= 11 is 12.8. The summed E-state index contributed by atoms with van der Waals surface area (Å²) in [7, 11) is 0. The zero-order valence-corrected chi connectivity index (χ0v) is 16.1. The molecule has 8 heteroatoms. The van der Waals surface area contributed by atoms with E-state index in [1.54, 1.807) is 24.3 Å². The topological polar surface area (TPSA) is 78.4 Å². The lowest BCUT2D eigenvalue weighted by Gasteiger charge is -2.09. The number of nitrogens with one attached hydrogen (secondary N) is 2. The summed E-state index contributed by atoms with van der Waals surface area (Å²) < 4.78 is 0.921. The van der Waals surface area contributed by atoms with Crippen LogP contribution in [0.1, 0.15) is 15.2 Å². The molecular weight excluding hydrogens is 404 g/mol. The number of amides is 1. The van der Waals surface area contributed by atoms with Gasteiger partial charge in [-0.15, -0.1) is 11.3 Å². The number of hydrogen-bond donors (Lipinski definition) is 3. The fourth-order valence-corrected chi connectivity index (χ4v) is 3.99. The Labute approximate surface area is 169 Å². The van der Waals surface area contributed by atoms with Crippen molar-refractivity contribution in [3.05, 3.63) is 70.1 Å². The summed E-state index contributed by atoms with van der Waals surface area (Å²) in [6, 6.07) is 14.5. The lowest BCUT2D eigenvalue weighted by molar-refractivity contribution is -0.131. The van der Waals surface area contributed by atoms with Crippen LogP contribution in [0.5, 0.6) is 0 Å². The molecule has 0 aliphatic heterocycles. The number of thiocarbonyl (C=S) groups is 1. The summed E-state index contributed by atoms with van der Waals surface area (Å²) in [4.78, 5) is 23.5. The van der Waals surface area contributed by atoms with Crippen molar-refractivity contribution in [2.75, 3.05) is 5.32 Å². The molecule has 0 saturated carbocycles. The lowest BCUT2D eigenvalue weighted by atomic mass is 10.2. The second kappa shape index (κ2) is 8.30. The molecule has 1 amide bonds. The minimum absolute atomic E-state index is 0.118. The molecule has 0 radical (unpaired) electrons. The normalized spacial score (nSPS) is 10.9. The van der Waals surface area contributed by atoms with Crippen LogP contribution in [-0.2, 0) is 4.79 Å². The van der Waals surface area contributed by atoms with Crippen LogP contribution in [0.15, 0.2) is 54.6 Å². The molecule has 5 nitrogen and oxygen atoms in total. The molecule has 3 rings (SSSR count). The molecule has 136 valence electrons. The fraction of sp³-hybridized carbons (Fsp3) is 0. The first-order valence-corrected chi connectivity index (χ1v) is 9.35. The van der Waals surface area contributed by atoms with E-state index in [9.17, 15) is 9.59 Å². The van der Waals surface area contributed by atoms with Crippen LogP contribution < -0.4 is 10.6 Å². The van der Waals surface area contributed by atoms with Crippen LogP contribution in [-0.4, -0.2) is 22.1 Å². The highest BCUT2D eigenvalue weighted by Crippen LogP contribution is 2.34. The Bertz CT molecular complexity index is 1080. The van der Waals surface area contributed by atoms with Crippen molar-refractivity contribution in [2.24, 2.45) is 0 Å². The first-order valence-electron chi connectivity index (χ1n) is 7.74. The van der Waals surface area contributed by atoms with Gasteiger partial charge in [-0.2, -0.15) is 0 Å². The van der Waals surface area contributed by atoms with Crippen LogP contribution in [0.2, 0.25) is 5.02 Å². The number of carboxylic acids is 1. The third-order valence-corrected chi connectivity index (χ3v) is 5.41. The number of carbonyl (C=O) groups excluding carboxylic acids is 1. The van der Waals surface area contributed by atoms with Crippen molar-refractivity contribution in [3.63, 3.8) is 0 Å². The summed E-state index contributed by atoms with van der Waals surface area (Å²) in [5.74, 6) is -1.42. The second-order valence-corrected chi connectivity index (χ2v) is 7.29. The van der Waals surface area contributed by atoms with Gasteiger partial charge < -0.3 is 10.4 Å². The van der Waals surface area contributed by atoms with Crippen molar-refractivity contribution >= 4 is 74.0 Å². The SMILES string of the molecule is O=C(O)/C=C/c1cccc(NC(=S)NC(=O)c2sc3ccccc3c2Cl)c1. The number of benzene rings is 2. The molecule has 0 fully saturated rings. The third kappa shape index (κ3) is 4.71. The second-order valence-electron chi connectivity index (χ2n) is 5.45. The van der Waals surface area contributed by atoms with E-state index in [1.807, 2.05) is 24.3 Å². The van der Waals surface area contributed by atoms with Crippen molar-refractivity contribution in [1.82, 2.24) is 5.32 Å². The molecule has 0 spiro atoms. The van der Waals surface area contributed by atoms with Crippen LogP contribution in [0, 0.1) is 0 Å². The van der Waals surface area contributed by atoms with Crippen molar-refractivity contribution < 1.29 is 14.7 Å². The number of carbonyl (C=O) groups is 2. The van der Waals surface area contributed by atoms with Crippen molar-refractivity contribution in [2.45, 2.75) is 0 Å². The Hall–Kier alpha value is -2.74. The minimum atomic E-state index is -1.03. The van der Waals surface area contributed by atoms with Crippen molar-refractivity contribution in [1.29, 1.82) is 0 Å². The minimum Gasteiger partial charge on any atom is -0.478 e. The molecule has 2 aromatic carbocycles. The standard InChI is InChI=1S/C19H13ClN2O3S2/c20-16-13-6-1-2-7-14(13)27-17(16)18(25)22-19(26)21-12-5-3-4-11(10-12)8-9-15(23)24/h1-10H,(H,23,24)(H2,21,22,25,26)/b9-8+. The molecule has 3 N–H and O–H groups in total. The predicted molar refractivity (Wildman–Crippen MR) is 114 cm³/mol. The van der Waals surface area contributed by atoms with Gasteiger partial charge in [0.05, 0.1) is 5.02 Å². The molecule has 0 bridgehead atoms. The Morgan fingerprint density at radius 2 is 1.93 bits per heavy atom. The smallest absolute Gasteiger partial charge is 0.328 e. The zero-order valence-electron chi connectivity index (χ0n) is 13.7. The quantitative estimate of drug-likeness (QED) is 0.421. The molecule has 0 aliphatic rings. The number of rotatable bonds is 4. The Balaban J connectivity index is 1.70. The van der Waals surface area contributed by atoms with Gasteiger partial charge in [-0.25, -0.2) is 4.79 Å². The molecule has 0 aliphatic carbocycles. The highest BCUT2D eigenvalue weighted by molar-refractivity contribution is 7.80. The predicted octanol–water partition coefficient (Wildman–Crippen LogP) is 4.78. The Morgan fingerprint density at radius 1 is 1.15 bits per heavy atom. The maximum Gasteiger partial charge on any atom is 0.328 e. The van der Waals surface area contributed by atoms with Crippen LogP contribution in [0.4, 0.5) is 5.69 Å². The number of hydrogen-bond acceptors (Lipinski definition) is 4. The third-order valence-electron chi connectivity index (χ3n) is 3.53. The largest absolute Gasteiger partial charge is 0.478 e. The van der Waals surface area contributed by atoms with E-state index in [1.165, 1.54) is 17.4 Å². The number of thiophene rings is 1. The van der Waals surface area contributed by atoms with E-state index in [4.69, 9.17) is 28.9 Å². The van der Waals surface area contributed by atoms with E-state index < -0.39 is 5.97 Å². The first-order chi connectivity index (χ1) is 12.9. The summed E-state index contributed by atoms with van der Waals surface area (Å²) in [6.07, 6.45) is 2.51. The van der Waals surface area contributed by atoms with Gasteiger partial charge in [0.15, 0.2) is 5.11 Å². The Kier molecular flexibility index (Phi) is 5.85. The van der Waals surface area contributed by atoms with Gasteiger partial charge in [-0.05, 0) is 42.1 Å². The van der Waals surface area contributed by atoms with Gasteiger partial charge in [0, 0.05) is 21.8 Å². The molecule has 1 aromatic heterocycles. The monoisotopic (exact) mass is 416 g/mol. The van der Waals surface area contributed by atoms with Gasteiger partial charge in [-0.1, -0.05) is 41.9 Å². The van der Waals surface area contributed by atoms with Crippen molar-refractivity contribution in [3.8, 4) is 0 Å². The molecular formula is C19H13ClN2O3S2. The zero-order chi connectivity index (χ0) is 19.4. The molecule has 27 heavy (non-hydrogen) atoms. The van der Waals surface area contributed by atoms with Gasteiger partial charge in [0.2, 0.25) is 0 Å². The number of anilines is 1. The molecule has 0 unspecified atom stereocenters. The highest BCUT2D eigenvalue weighted by atomic mass is 35.5. The fourth-order valence-electron chi connectivity index (χ4n) is 2.37. The average Bonchev–Trinajstić information content (AvgIpc) is 2.97. The van der Waals surface area contributed by atoms with Gasteiger partial charge >= 0.3 is 5.97 Å². The van der Waals surface area contributed by atoms with E-state index in [0.717, 1.165) is 16.2 Å². The number of aliphatic carboxylic acids is 1. The molecule has 1 heterocycles. The number of fused-ring (bicyclic) bond motifs is 1. The van der Waals surface area contributed by atoms with Gasteiger partial charge in [0.25, 0.3) is 5.91 Å². The number of halogens is 1. The number of carboxylic acid groups (broad SMARTS) is 1. The molecule has 3 aromatic rings.